The van der Waals surface area contributed by atoms with Crippen LogP contribution in [0.3, 0.4) is 0 Å². The molecule has 0 unspecified atom stereocenters. The van der Waals surface area contributed by atoms with E-state index >= 15 is 0 Å². The standard InChI is InChI=1S/C19H38N2O2S.CH4.3H2O.2H2/c1-3-13-23-16-17-7-9-18(10-8-17)19(22)21-12-4-5-14-24-15-6-11-20-2;;;;;;/h17-18,20H,3-16H2,1-2H3,(H,21,22);1H4;3*1H2;2*1H. The van der Waals surface area contributed by atoms with Crippen LogP contribution in [0.1, 0.15) is 68.6 Å². The molecule has 178 valence electrons. The second-order valence-corrected chi connectivity index (χ2v) is 8.08. The molecular weight excluding hydrogens is 380 g/mol. The van der Waals surface area contributed by atoms with Crippen molar-refractivity contribution in [3.05, 3.63) is 0 Å². The van der Waals surface area contributed by atoms with E-state index in [2.05, 4.69) is 17.6 Å². The van der Waals surface area contributed by atoms with Crippen LogP contribution in [0.15, 0.2) is 0 Å². The first kappa shape index (κ1) is 35.1. The summed E-state index contributed by atoms with van der Waals surface area (Å²) in [6.07, 6.45) is 8.99. The fourth-order valence-corrected chi connectivity index (χ4v) is 4.08. The van der Waals surface area contributed by atoms with Crippen LogP contribution in [-0.4, -0.2) is 67.2 Å². The van der Waals surface area contributed by atoms with Gasteiger partial charge in [-0.1, -0.05) is 14.4 Å². The van der Waals surface area contributed by atoms with Gasteiger partial charge < -0.3 is 31.8 Å². The lowest BCUT2D eigenvalue weighted by molar-refractivity contribution is -0.126. The van der Waals surface area contributed by atoms with Gasteiger partial charge in [-0.15, -0.1) is 0 Å². The third kappa shape index (κ3) is 17.7. The van der Waals surface area contributed by atoms with Gasteiger partial charge >= 0.3 is 0 Å². The molecule has 1 amide bonds. The summed E-state index contributed by atoms with van der Waals surface area (Å²) in [6.45, 7) is 5.84. The molecule has 0 radical (unpaired) electrons. The number of rotatable bonds is 14. The third-order valence-electron chi connectivity index (χ3n) is 4.65. The van der Waals surface area contributed by atoms with Crippen LogP contribution in [0.4, 0.5) is 0 Å². The van der Waals surface area contributed by atoms with Crippen molar-refractivity contribution in [2.24, 2.45) is 11.8 Å². The molecule has 0 bridgehead atoms. The molecule has 8 heteroatoms. The Kier molecular flexibility index (Phi) is 30.9. The van der Waals surface area contributed by atoms with E-state index in [0.29, 0.717) is 5.92 Å². The molecule has 0 atom stereocenters. The van der Waals surface area contributed by atoms with Crippen molar-refractivity contribution >= 4 is 17.7 Å². The Bertz CT molecular complexity index is 328. The summed E-state index contributed by atoms with van der Waals surface area (Å²) in [7, 11) is 2.00. The molecule has 0 aromatic heterocycles. The number of hydrogen-bond acceptors (Lipinski definition) is 4. The second kappa shape index (κ2) is 24.7. The molecule has 1 saturated carbocycles. The first-order valence-electron chi connectivity index (χ1n) is 9.85. The molecule has 0 aromatic carbocycles. The SMILES string of the molecule is C.CCCOCC1CCC(C(=O)NCCCCSCCCNC)CC1.O.O.O.[HH].[HH]. The van der Waals surface area contributed by atoms with Crippen molar-refractivity contribution in [3.63, 3.8) is 0 Å². The number of carbonyl (C=O) groups excluding carboxylic acids is 1. The van der Waals surface area contributed by atoms with Gasteiger partial charge in [0.05, 0.1) is 0 Å². The summed E-state index contributed by atoms with van der Waals surface area (Å²) in [5.41, 5.74) is 0. The van der Waals surface area contributed by atoms with E-state index < -0.39 is 0 Å². The summed E-state index contributed by atoms with van der Waals surface area (Å²) < 4.78 is 5.65. The zero-order chi connectivity index (χ0) is 17.5. The van der Waals surface area contributed by atoms with Crippen LogP contribution in [-0.2, 0) is 9.53 Å². The quantitative estimate of drug-likeness (QED) is 0.405. The van der Waals surface area contributed by atoms with Gasteiger partial charge in [0, 0.05) is 28.5 Å². The number of amides is 1. The lowest BCUT2D eigenvalue weighted by Crippen LogP contribution is -2.34. The largest absolute Gasteiger partial charge is 0.412 e. The molecule has 8 N–H and O–H groups in total. The Balaban J connectivity index is -0.000000240. The highest BCUT2D eigenvalue weighted by atomic mass is 32.2. The fourth-order valence-electron chi connectivity index (χ4n) is 3.12. The molecule has 28 heavy (non-hydrogen) atoms. The molecular formula is C20H52N2O5S. The summed E-state index contributed by atoms with van der Waals surface area (Å²) in [5.74, 6) is 3.63. The molecule has 1 aliphatic rings. The number of carbonyl (C=O) groups is 1. The van der Waals surface area contributed by atoms with Crippen LogP contribution in [0, 0.1) is 11.8 Å². The molecule has 0 aromatic rings. The molecule has 0 saturated heterocycles. The number of hydrogen-bond donors (Lipinski definition) is 2. The smallest absolute Gasteiger partial charge is 0.223 e. The first-order chi connectivity index (χ1) is 11.8. The maximum Gasteiger partial charge on any atom is 0.223 e. The van der Waals surface area contributed by atoms with E-state index in [1.165, 1.54) is 24.3 Å². The fraction of sp³-hybridized carbons (Fsp3) is 0.950. The summed E-state index contributed by atoms with van der Waals surface area (Å²) in [5, 5.41) is 6.31. The van der Waals surface area contributed by atoms with Crippen LogP contribution in [0.2, 0.25) is 0 Å². The second-order valence-electron chi connectivity index (χ2n) is 6.86. The Morgan fingerprint density at radius 2 is 1.68 bits per heavy atom. The average Bonchev–Trinajstić information content (AvgIpc) is 2.61. The minimum Gasteiger partial charge on any atom is -0.412 e. The van der Waals surface area contributed by atoms with E-state index in [0.717, 1.165) is 64.8 Å². The minimum atomic E-state index is 0. The van der Waals surface area contributed by atoms with Crippen molar-refractivity contribution in [1.82, 2.24) is 10.6 Å². The Morgan fingerprint density at radius 1 is 1.04 bits per heavy atom. The molecule has 1 rings (SSSR count). The van der Waals surface area contributed by atoms with E-state index in [9.17, 15) is 4.79 Å². The molecule has 0 spiro atoms. The van der Waals surface area contributed by atoms with Crippen molar-refractivity contribution in [3.8, 4) is 0 Å². The molecule has 1 aliphatic carbocycles. The van der Waals surface area contributed by atoms with Crippen molar-refractivity contribution in [2.45, 2.75) is 65.7 Å². The monoisotopic (exact) mass is 432 g/mol. The van der Waals surface area contributed by atoms with E-state index in [1.807, 2.05) is 18.8 Å². The van der Waals surface area contributed by atoms with Crippen molar-refractivity contribution < 1.29 is 28.8 Å². The maximum absolute atomic E-state index is 12.2. The van der Waals surface area contributed by atoms with Crippen LogP contribution < -0.4 is 10.6 Å². The number of ether oxygens (including phenoxy) is 1. The highest BCUT2D eigenvalue weighted by Crippen LogP contribution is 2.29. The Labute approximate surface area is 180 Å². The third-order valence-corrected chi connectivity index (χ3v) is 5.80. The maximum atomic E-state index is 12.2. The van der Waals surface area contributed by atoms with E-state index in [-0.39, 0.29) is 38.5 Å². The van der Waals surface area contributed by atoms with Gasteiger partial charge in [0.25, 0.3) is 0 Å². The van der Waals surface area contributed by atoms with Gasteiger partial charge in [-0.05, 0) is 82.4 Å². The molecule has 7 nitrogen and oxygen atoms in total. The van der Waals surface area contributed by atoms with Gasteiger partial charge in [0.15, 0.2) is 0 Å². The van der Waals surface area contributed by atoms with E-state index in [1.54, 1.807) is 0 Å². The van der Waals surface area contributed by atoms with Gasteiger partial charge in [-0.3, -0.25) is 4.79 Å². The van der Waals surface area contributed by atoms with Gasteiger partial charge in [0.2, 0.25) is 5.91 Å². The van der Waals surface area contributed by atoms with Crippen molar-refractivity contribution in [1.29, 1.82) is 0 Å². The number of nitrogens with one attached hydrogen (secondary N) is 2. The number of unbranched alkanes of at least 4 members (excludes halogenated alkanes) is 1. The first-order valence-corrected chi connectivity index (χ1v) is 11.0. The summed E-state index contributed by atoms with van der Waals surface area (Å²) in [4.78, 5) is 12.2. The topological polar surface area (TPSA) is 145 Å². The zero-order valence-corrected chi connectivity index (χ0v) is 18.1. The van der Waals surface area contributed by atoms with Gasteiger partial charge in [-0.2, -0.15) is 11.8 Å². The predicted molar refractivity (Wildman–Crippen MR) is 126 cm³/mol. The van der Waals surface area contributed by atoms with Crippen LogP contribution in [0.25, 0.3) is 0 Å². The highest BCUT2D eigenvalue weighted by molar-refractivity contribution is 7.99. The Morgan fingerprint density at radius 3 is 2.29 bits per heavy atom. The van der Waals surface area contributed by atoms with Crippen molar-refractivity contribution in [2.75, 3.05) is 44.9 Å². The lowest BCUT2D eigenvalue weighted by Gasteiger charge is -2.27. The molecule has 1 fully saturated rings. The normalized spacial score (nSPS) is 17.9. The zero-order valence-electron chi connectivity index (χ0n) is 17.3. The Hall–Kier alpha value is -0.380. The summed E-state index contributed by atoms with van der Waals surface area (Å²) >= 11 is 2.02. The summed E-state index contributed by atoms with van der Waals surface area (Å²) in [6, 6.07) is 0. The molecule has 0 heterocycles. The predicted octanol–water partition coefficient (Wildman–Crippen LogP) is 2.11. The van der Waals surface area contributed by atoms with Crippen LogP contribution >= 0.6 is 11.8 Å². The van der Waals surface area contributed by atoms with Gasteiger partial charge in [-0.25, -0.2) is 0 Å². The number of thioether (sulfide) groups is 1. The van der Waals surface area contributed by atoms with Gasteiger partial charge in [0.1, 0.15) is 0 Å². The lowest BCUT2D eigenvalue weighted by atomic mass is 9.82. The van der Waals surface area contributed by atoms with Crippen LogP contribution in [0.5, 0.6) is 0 Å². The highest BCUT2D eigenvalue weighted by Gasteiger charge is 2.25. The van der Waals surface area contributed by atoms with E-state index in [4.69, 9.17) is 4.74 Å². The minimum absolute atomic E-state index is 0. The average molecular weight is 433 g/mol. The molecule has 0 aliphatic heterocycles.